The smallest absolute Gasteiger partial charge is 0.246 e. The van der Waals surface area contributed by atoms with Crippen LogP contribution in [0.1, 0.15) is 19.4 Å². The Kier molecular flexibility index (Phi) is 4.04. The monoisotopic (exact) mass is 251 g/mol. The molecule has 0 aliphatic carbocycles. The van der Waals surface area contributed by atoms with E-state index in [1.807, 2.05) is 32.0 Å². The fourth-order valence-corrected chi connectivity index (χ4v) is 1.62. The number of nitrogens with one attached hydrogen (secondary N) is 1. The molecule has 0 bridgehead atoms. The van der Waals surface area contributed by atoms with Crippen LogP contribution in [0.15, 0.2) is 18.2 Å². The van der Waals surface area contributed by atoms with Crippen molar-refractivity contribution in [3.05, 3.63) is 23.8 Å². The second-order valence-corrected chi connectivity index (χ2v) is 4.29. The van der Waals surface area contributed by atoms with Crippen molar-refractivity contribution in [1.29, 1.82) is 0 Å². The zero-order chi connectivity index (χ0) is 13.0. The van der Waals surface area contributed by atoms with Gasteiger partial charge in [0.05, 0.1) is 6.10 Å². The molecule has 5 nitrogen and oxygen atoms in total. The Bertz CT molecular complexity index is 431. The maximum absolute atomic E-state index is 11.5. The lowest BCUT2D eigenvalue weighted by Gasteiger charge is -2.09. The third kappa shape index (κ3) is 3.13. The maximum Gasteiger partial charge on any atom is 0.246 e. The summed E-state index contributed by atoms with van der Waals surface area (Å²) in [5.74, 6) is 1.29. The van der Waals surface area contributed by atoms with Gasteiger partial charge in [0.15, 0.2) is 11.5 Å². The van der Waals surface area contributed by atoms with Gasteiger partial charge >= 0.3 is 0 Å². The van der Waals surface area contributed by atoms with Crippen molar-refractivity contribution in [2.24, 2.45) is 0 Å². The first-order valence-electron chi connectivity index (χ1n) is 5.92. The number of carbonyl (C=O) groups is 1. The summed E-state index contributed by atoms with van der Waals surface area (Å²) in [6, 6.07) is 5.62. The summed E-state index contributed by atoms with van der Waals surface area (Å²) in [4.78, 5) is 11.5. The van der Waals surface area contributed by atoms with E-state index in [-0.39, 0.29) is 25.4 Å². The van der Waals surface area contributed by atoms with E-state index in [0.29, 0.717) is 12.3 Å². The summed E-state index contributed by atoms with van der Waals surface area (Å²) < 4.78 is 15.8. The molecule has 2 rings (SSSR count). The van der Waals surface area contributed by atoms with Gasteiger partial charge in [0.2, 0.25) is 12.7 Å². The molecule has 1 aliphatic heterocycles. The van der Waals surface area contributed by atoms with Crippen LogP contribution in [-0.2, 0) is 16.1 Å². The molecule has 0 spiro atoms. The van der Waals surface area contributed by atoms with E-state index in [0.717, 1.165) is 11.3 Å². The standard InChI is InChI=1S/C13H17NO4/c1-9(2)16-7-12(15)14-6-10-4-3-5-11-13(10)18-8-17-11/h3-5,9H,6-8H2,1-2H3,(H,14,15). The van der Waals surface area contributed by atoms with E-state index < -0.39 is 0 Å². The molecule has 98 valence electrons. The van der Waals surface area contributed by atoms with Crippen LogP contribution in [0.2, 0.25) is 0 Å². The molecule has 1 aromatic carbocycles. The molecular formula is C13H17NO4. The highest BCUT2D eigenvalue weighted by Gasteiger charge is 2.17. The molecule has 0 unspecified atom stereocenters. The van der Waals surface area contributed by atoms with Crippen LogP contribution in [0.3, 0.4) is 0 Å². The molecule has 18 heavy (non-hydrogen) atoms. The van der Waals surface area contributed by atoms with Gasteiger partial charge in [-0.2, -0.15) is 0 Å². The summed E-state index contributed by atoms with van der Waals surface area (Å²) in [5, 5.41) is 2.78. The molecule has 1 amide bonds. The number of benzene rings is 1. The van der Waals surface area contributed by atoms with E-state index in [4.69, 9.17) is 14.2 Å². The predicted octanol–water partition coefficient (Wildman–Crippen LogP) is 1.46. The molecule has 1 aromatic rings. The Balaban J connectivity index is 1.87. The lowest BCUT2D eigenvalue weighted by Crippen LogP contribution is -2.28. The normalized spacial score (nSPS) is 12.8. The number of para-hydroxylation sites is 1. The van der Waals surface area contributed by atoms with Crippen molar-refractivity contribution in [1.82, 2.24) is 5.32 Å². The zero-order valence-electron chi connectivity index (χ0n) is 10.6. The van der Waals surface area contributed by atoms with Crippen LogP contribution in [-0.4, -0.2) is 25.4 Å². The Morgan fingerprint density at radius 1 is 1.44 bits per heavy atom. The van der Waals surface area contributed by atoms with Gasteiger partial charge < -0.3 is 19.5 Å². The molecule has 0 atom stereocenters. The van der Waals surface area contributed by atoms with E-state index in [9.17, 15) is 4.79 Å². The highest BCUT2D eigenvalue weighted by molar-refractivity contribution is 5.77. The molecule has 0 radical (unpaired) electrons. The summed E-state index contributed by atoms with van der Waals surface area (Å²) in [5.41, 5.74) is 0.905. The molecular weight excluding hydrogens is 234 g/mol. The van der Waals surface area contributed by atoms with Gasteiger partial charge in [-0.3, -0.25) is 4.79 Å². The minimum Gasteiger partial charge on any atom is -0.454 e. The van der Waals surface area contributed by atoms with Crippen molar-refractivity contribution in [2.45, 2.75) is 26.5 Å². The van der Waals surface area contributed by atoms with Gasteiger partial charge in [0.25, 0.3) is 0 Å². The topological polar surface area (TPSA) is 56.8 Å². The van der Waals surface area contributed by atoms with Crippen molar-refractivity contribution in [2.75, 3.05) is 13.4 Å². The average molecular weight is 251 g/mol. The van der Waals surface area contributed by atoms with E-state index in [1.54, 1.807) is 0 Å². The maximum atomic E-state index is 11.5. The molecule has 1 aliphatic rings. The fraction of sp³-hybridized carbons (Fsp3) is 0.462. The SMILES string of the molecule is CC(C)OCC(=O)NCc1cccc2c1OCO2. The van der Waals surface area contributed by atoms with E-state index in [2.05, 4.69) is 5.32 Å². The number of fused-ring (bicyclic) bond motifs is 1. The first-order valence-corrected chi connectivity index (χ1v) is 5.92. The molecule has 0 fully saturated rings. The molecule has 0 aromatic heterocycles. The minimum absolute atomic E-state index is 0.0495. The third-order valence-corrected chi connectivity index (χ3v) is 2.50. The summed E-state index contributed by atoms with van der Waals surface area (Å²) >= 11 is 0. The quantitative estimate of drug-likeness (QED) is 0.860. The number of amides is 1. The largest absolute Gasteiger partial charge is 0.454 e. The van der Waals surface area contributed by atoms with Gasteiger partial charge in [-0.25, -0.2) is 0 Å². The van der Waals surface area contributed by atoms with Gasteiger partial charge in [-0.15, -0.1) is 0 Å². The first-order chi connectivity index (χ1) is 8.66. The van der Waals surface area contributed by atoms with Crippen LogP contribution < -0.4 is 14.8 Å². The second-order valence-electron chi connectivity index (χ2n) is 4.29. The van der Waals surface area contributed by atoms with Crippen LogP contribution in [0.25, 0.3) is 0 Å². The van der Waals surface area contributed by atoms with Crippen molar-refractivity contribution in [3.63, 3.8) is 0 Å². The summed E-state index contributed by atoms with van der Waals surface area (Å²) in [6.07, 6.45) is 0.0495. The van der Waals surface area contributed by atoms with E-state index >= 15 is 0 Å². The Morgan fingerprint density at radius 3 is 3.06 bits per heavy atom. The zero-order valence-corrected chi connectivity index (χ0v) is 10.6. The predicted molar refractivity (Wildman–Crippen MR) is 65.5 cm³/mol. The number of carbonyl (C=O) groups excluding carboxylic acids is 1. The molecule has 0 saturated carbocycles. The van der Waals surface area contributed by atoms with Crippen LogP contribution >= 0.6 is 0 Å². The summed E-state index contributed by atoms with van der Waals surface area (Å²) in [7, 11) is 0. The van der Waals surface area contributed by atoms with Gasteiger partial charge in [-0.1, -0.05) is 12.1 Å². The van der Waals surface area contributed by atoms with Gasteiger partial charge in [0.1, 0.15) is 6.61 Å². The number of hydrogen-bond donors (Lipinski definition) is 1. The van der Waals surface area contributed by atoms with Crippen LogP contribution in [0.4, 0.5) is 0 Å². The first kappa shape index (κ1) is 12.7. The lowest BCUT2D eigenvalue weighted by molar-refractivity contribution is -0.127. The highest BCUT2D eigenvalue weighted by Crippen LogP contribution is 2.35. The molecule has 1 heterocycles. The number of ether oxygens (including phenoxy) is 3. The fourth-order valence-electron chi connectivity index (χ4n) is 1.62. The van der Waals surface area contributed by atoms with Gasteiger partial charge in [0, 0.05) is 12.1 Å². The lowest BCUT2D eigenvalue weighted by atomic mass is 10.2. The Morgan fingerprint density at radius 2 is 2.28 bits per heavy atom. The minimum atomic E-state index is -0.139. The number of rotatable bonds is 5. The second kappa shape index (κ2) is 5.73. The van der Waals surface area contributed by atoms with Gasteiger partial charge in [-0.05, 0) is 19.9 Å². The van der Waals surface area contributed by atoms with Crippen molar-refractivity contribution < 1.29 is 19.0 Å². The third-order valence-electron chi connectivity index (χ3n) is 2.50. The highest BCUT2D eigenvalue weighted by atomic mass is 16.7. The Hall–Kier alpha value is -1.75. The van der Waals surface area contributed by atoms with E-state index in [1.165, 1.54) is 0 Å². The van der Waals surface area contributed by atoms with Crippen LogP contribution in [0.5, 0.6) is 11.5 Å². The van der Waals surface area contributed by atoms with Crippen molar-refractivity contribution in [3.8, 4) is 11.5 Å². The molecule has 1 N–H and O–H groups in total. The molecule has 0 saturated heterocycles. The average Bonchev–Trinajstić information content (AvgIpc) is 2.82. The van der Waals surface area contributed by atoms with Crippen LogP contribution in [0, 0.1) is 0 Å². The molecule has 5 heteroatoms. The Labute approximate surface area is 106 Å². The van der Waals surface area contributed by atoms with Crippen molar-refractivity contribution >= 4 is 5.91 Å². The summed E-state index contributed by atoms with van der Waals surface area (Å²) in [6.45, 7) is 4.50. The number of hydrogen-bond acceptors (Lipinski definition) is 4.